The number of hydrogen-bond acceptors (Lipinski definition) is 17. The molecule has 19 nitrogen and oxygen atoms in total. The molecule has 0 spiro atoms. The zero-order valence-electron chi connectivity index (χ0n) is 12.9. The molecule has 0 fully saturated rings. The zero-order chi connectivity index (χ0) is 21.4. The van der Waals surface area contributed by atoms with Crippen LogP contribution in [0.4, 0.5) is 35.7 Å². The molecule has 0 amide bonds. The van der Waals surface area contributed by atoms with Crippen molar-refractivity contribution in [1.82, 2.24) is 29.9 Å². The number of anilines is 6. The summed E-state index contributed by atoms with van der Waals surface area (Å²) in [6.07, 6.45) is 0. The molecule has 0 radical (unpaired) electrons. The van der Waals surface area contributed by atoms with E-state index in [1.807, 2.05) is 0 Å². The first-order valence-electron chi connectivity index (χ1n) is 5.78. The smallest absolute Gasteiger partial charge is 0.368 e. The van der Waals surface area contributed by atoms with E-state index in [1.54, 1.807) is 0 Å². The fourth-order valence-electron chi connectivity index (χ4n) is 0.963. The molecule has 27 heavy (non-hydrogen) atoms. The van der Waals surface area contributed by atoms with E-state index in [-0.39, 0.29) is 35.7 Å². The molecule has 0 aromatic carbocycles. The second-order valence-electron chi connectivity index (χ2n) is 3.74. The maximum Gasteiger partial charge on any atom is 0.413 e. The second-order valence-corrected chi connectivity index (χ2v) is 6.00. The van der Waals surface area contributed by atoms with Crippen molar-refractivity contribution in [2.75, 3.05) is 34.4 Å². The number of rotatable bonds is 2. The highest BCUT2D eigenvalue weighted by molar-refractivity contribution is 7.94. The van der Waals surface area contributed by atoms with E-state index in [0.29, 0.717) is 0 Å². The predicted octanol–water partition coefficient (Wildman–Crippen LogP) is -4.15. The lowest BCUT2D eigenvalue weighted by Crippen LogP contribution is -2.10. The van der Waals surface area contributed by atoms with Gasteiger partial charge in [0.2, 0.25) is 35.7 Å². The van der Waals surface area contributed by atoms with Gasteiger partial charge in [-0.3, -0.25) is 9.11 Å². The second kappa shape index (κ2) is 9.34. The highest BCUT2D eigenvalue weighted by Crippen LogP contribution is 1.98. The molecule has 2 aromatic rings. The van der Waals surface area contributed by atoms with Crippen LogP contribution in [0.1, 0.15) is 0 Å². The van der Waals surface area contributed by atoms with Crippen molar-refractivity contribution in [3.8, 4) is 0 Å². The first kappa shape index (κ1) is 23.6. The van der Waals surface area contributed by atoms with Crippen molar-refractivity contribution in [2.24, 2.45) is 0 Å². The summed E-state index contributed by atoms with van der Waals surface area (Å²) in [6, 6.07) is 0. The van der Waals surface area contributed by atoms with E-state index >= 15 is 0 Å². The highest BCUT2D eigenvalue weighted by atomic mass is 32.3. The van der Waals surface area contributed by atoms with E-state index < -0.39 is 20.8 Å². The van der Waals surface area contributed by atoms with Crippen LogP contribution in [-0.2, 0) is 24.4 Å². The number of nitrogens with zero attached hydrogens (tertiary/aromatic N) is 6. The Labute approximate surface area is 151 Å². The molecule has 2 rings (SSSR count). The quantitative estimate of drug-likeness (QED) is 0.209. The Kier molecular flexibility index (Phi) is 8.16. The van der Waals surface area contributed by atoms with E-state index in [1.165, 1.54) is 0 Å². The minimum absolute atomic E-state index is 0.0417. The Hall–Kier alpha value is -3.40. The summed E-state index contributed by atoms with van der Waals surface area (Å²) in [5, 5.41) is 0. The Balaban J connectivity index is 0.000000376. The summed E-state index contributed by atoms with van der Waals surface area (Å²) in [5.74, 6) is 0.250. The van der Waals surface area contributed by atoms with Crippen LogP contribution >= 0.6 is 0 Å². The van der Waals surface area contributed by atoms with Crippen LogP contribution in [0.15, 0.2) is 0 Å². The topological polar surface area (TPSA) is 351 Å². The summed E-state index contributed by atoms with van der Waals surface area (Å²) in [7, 11) is -10.2. The number of aromatic nitrogens is 6. The van der Waals surface area contributed by atoms with Gasteiger partial charge in [0.1, 0.15) is 0 Å². The van der Waals surface area contributed by atoms with Gasteiger partial charge in [-0.25, -0.2) is 0 Å². The summed E-state index contributed by atoms with van der Waals surface area (Å²) < 4.78 is 55.6. The maximum absolute atomic E-state index is 9.44. The Bertz CT molecular complexity index is 799. The Morgan fingerprint density at radius 2 is 0.667 bits per heavy atom. The van der Waals surface area contributed by atoms with Crippen molar-refractivity contribution in [3.63, 3.8) is 0 Å². The van der Waals surface area contributed by atoms with Crippen molar-refractivity contribution in [3.05, 3.63) is 0 Å². The molecule has 21 heteroatoms. The van der Waals surface area contributed by atoms with Crippen LogP contribution in [0.25, 0.3) is 0 Å². The lowest BCUT2D eigenvalue weighted by atomic mass is 10.9. The van der Waals surface area contributed by atoms with Crippen molar-refractivity contribution in [1.29, 1.82) is 0 Å². The van der Waals surface area contributed by atoms with Gasteiger partial charge >= 0.3 is 20.8 Å². The molecule has 0 bridgehead atoms. The van der Waals surface area contributed by atoms with Gasteiger partial charge in [0.25, 0.3) is 0 Å². The van der Waals surface area contributed by atoms with Gasteiger partial charge < -0.3 is 34.4 Å². The molecule has 0 atom stereocenters. The van der Waals surface area contributed by atoms with Crippen LogP contribution < -0.4 is 34.4 Å². The van der Waals surface area contributed by atoms with E-state index in [2.05, 4.69) is 33.5 Å². The third-order valence-corrected chi connectivity index (χ3v) is 2.92. The van der Waals surface area contributed by atoms with Gasteiger partial charge in [-0.05, 0) is 0 Å². The molecule has 0 aliphatic heterocycles. The maximum atomic E-state index is 9.44. The first-order valence-corrected chi connectivity index (χ1v) is 8.51. The Morgan fingerprint density at radius 1 is 0.519 bits per heavy atom. The van der Waals surface area contributed by atoms with Gasteiger partial charge in [0.05, 0.1) is 0 Å². The number of nitrogen functional groups attached to an aromatic ring is 6. The van der Waals surface area contributed by atoms with Crippen molar-refractivity contribution >= 4 is 56.5 Å². The fourth-order valence-corrected chi connectivity index (χ4v) is 1.83. The molecule has 0 saturated carbocycles. The van der Waals surface area contributed by atoms with Crippen LogP contribution in [0.5, 0.6) is 0 Å². The van der Waals surface area contributed by atoms with Crippen molar-refractivity contribution in [2.45, 2.75) is 0 Å². The third kappa shape index (κ3) is 13.6. The van der Waals surface area contributed by atoms with Gasteiger partial charge in [-0.1, -0.05) is 0 Å². The largest absolute Gasteiger partial charge is 0.413 e. The fraction of sp³-hybridized carbons (Fsp3) is 0. The first-order chi connectivity index (χ1) is 12.1. The molecule has 0 aliphatic carbocycles. The van der Waals surface area contributed by atoms with Crippen LogP contribution in [0.2, 0.25) is 0 Å². The van der Waals surface area contributed by atoms with E-state index in [4.69, 9.17) is 43.5 Å². The number of nitrogens with two attached hydrogens (primary N) is 6. The molecule has 0 saturated heterocycles. The minimum atomic E-state index is -5.12. The molecular formula is C6H14N12O7S2. The van der Waals surface area contributed by atoms with E-state index in [0.717, 1.165) is 0 Å². The SMILES string of the molecule is Nc1nc(N)nc(N)n1.Nc1nc(N)nc(N)n1.O=S(=O)(O)OS(=O)(=O)O. The van der Waals surface area contributed by atoms with Gasteiger partial charge in [-0.2, -0.15) is 46.7 Å². The molecular weight excluding hydrogens is 416 g/mol. The normalized spacial score (nSPS) is 10.7. The average Bonchev–Trinajstić information content (AvgIpc) is 2.31. The third-order valence-electron chi connectivity index (χ3n) is 1.55. The standard InChI is InChI=1S/2C3H6N6.H2O7S2/c2*4-1-7-2(5)9-3(6)8-1;1-8(2,3)7-9(4,5)6/h2*(H6,4,5,6,7,8,9);(H,1,2,3)(H,4,5,6). The predicted molar refractivity (Wildman–Crippen MR) is 90.3 cm³/mol. The summed E-state index contributed by atoms with van der Waals surface area (Å²) in [4.78, 5) is 20.9. The number of hydrogen-bond donors (Lipinski definition) is 8. The molecule has 2 heterocycles. The molecule has 0 unspecified atom stereocenters. The van der Waals surface area contributed by atoms with Crippen molar-refractivity contribution < 1.29 is 29.6 Å². The van der Waals surface area contributed by atoms with Crippen LogP contribution in [0, 0.1) is 0 Å². The molecule has 2 aromatic heterocycles. The summed E-state index contributed by atoms with van der Waals surface area (Å²) in [5.41, 5.74) is 30.8. The lowest BCUT2D eigenvalue weighted by Gasteiger charge is -1.93. The zero-order valence-corrected chi connectivity index (χ0v) is 14.5. The molecule has 152 valence electrons. The Morgan fingerprint density at radius 3 is 0.741 bits per heavy atom. The average molecular weight is 430 g/mol. The van der Waals surface area contributed by atoms with Gasteiger partial charge in [0, 0.05) is 0 Å². The van der Waals surface area contributed by atoms with Crippen LogP contribution in [0.3, 0.4) is 0 Å². The van der Waals surface area contributed by atoms with Gasteiger partial charge in [-0.15, -0.1) is 3.63 Å². The monoisotopic (exact) mass is 430 g/mol. The lowest BCUT2D eigenvalue weighted by molar-refractivity contribution is 0.344. The summed E-state index contributed by atoms with van der Waals surface area (Å²) in [6.45, 7) is 0. The van der Waals surface area contributed by atoms with Gasteiger partial charge in [0.15, 0.2) is 0 Å². The highest BCUT2D eigenvalue weighted by Gasteiger charge is 2.15. The van der Waals surface area contributed by atoms with E-state index in [9.17, 15) is 16.8 Å². The summed E-state index contributed by atoms with van der Waals surface area (Å²) >= 11 is 0. The minimum Gasteiger partial charge on any atom is -0.368 e. The van der Waals surface area contributed by atoms with Crippen LogP contribution in [-0.4, -0.2) is 55.8 Å². The molecule has 14 N–H and O–H groups in total. The molecule has 0 aliphatic rings.